The summed E-state index contributed by atoms with van der Waals surface area (Å²) in [4.78, 5) is 19.6. The van der Waals surface area contributed by atoms with Crippen molar-refractivity contribution in [3.8, 4) is 39.9 Å². The number of hydrogen-bond acceptors (Lipinski definition) is 4. The number of benzene rings is 8. The molecular formula is C48H29N5. The molecule has 0 unspecified atom stereocenters. The molecular weight excluding hydrogens is 647 g/mol. The van der Waals surface area contributed by atoms with E-state index in [0.717, 1.165) is 38.8 Å². The fourth-order valence-electron chi connectivity index (χ4n) is 8.15. The van der Waals surface area contributed by atoms with Crippen molar-refractivity contribution in [2.24, 2.45) is 0 Å². The predicted octanol–water partition coefficient (Wildman–Crippen LogP) is 12.0. The van der Waals surface area contributed by atoms with E-state index in [9.17, 15) is 0 Å². The first-order chi connectivity index (χ1) is 26.3. The summed E-state index contributed by atoms with van der Waals surface area (Å²) < 4.78 is 2.36. The molecule has 0 amide bonds. The lowest BCUT2D eigenvalue weighted by molar-refractivity contribution is 1.07. The summed E-state index contributed by atoms with van der Waals surface area (Å²) in [5.74, 6) is 1.94. The predicted molar refractivity (Wildman–Crippen MR) is 218 cm³/mol. The Morgan fingerprint density at radius 3 is 1.62 bits per heavy atom. The lowest BCUT2D eigenvalue weighted by Gasteiger charge is -2.14. The third kappa shape index (κ3) is 4.57. The van der Waals surface area contributed by atoms with E-state index in [4.69, 9.17) is 15.0 Å². The Morgan fingerprint density at radius 2 is 0.925 bits per heavy atom. The minimum Gasteiger partial charge on any atom is -0.308 e. The van der Waals surface area contributed by atoms with Crippen molar-refractivity contribution in [2.45, 2.75) is 0 Å². The highest BCUT2D eigenvalue weighted by atomic mass is 15.0. The van der Waals surface area contributed by atoms with Crippen LogP contribution in [-0.2, 0) is 0 Å². The summed E-state index contributed by atoms with van der Waals surface area (Å²) in [5.41, 5.74) is 6.18. The molecule has 5 heteroatoms. The molecule has 0 radical (unpaired) electrons. The van der Waals surface area contributed by atoms with E-state index in [0.29, 0.717) is 17.5 Å². The maximum atomic E-state index is 5.08. The van der Waals surface area contributed by atoms with Gasteiger partial charge in [0, 0.05) is 39.0 Å². The zero-order chi connectivity index (χ0) is 34.9. The summed E-state index contributed by atoms with van der Waals surface area (Å²) in [6.07, 6.45) is 3.78. The standard InChI is InChI=1S/C48H29N5/c1-3-13-31(14-4-1)46-50-47(32-15-5-2-6-16-32)52-48(51-46)33-21-23-39-40(28-33)37-20-10-9-19-36(37)38-24-26-42-45(43(38)39)44-35-18-8-7-12-30(35)22-25-41(44)53(42)34-17-11-27-49-29-34/h1-29H. The van der Waals surface area contributed by atoms with Crippen LogP contribution in [0.2, 0.25) is 0 Å². The van der Waals surface area contributed by atoms with Gasteiger partial charge in [0.15, 0.2) is 17.5 Å². The van der Waals surface area contributed by atoms with Crippen LogP contribution in [0.4, 0.5) is 0 Å². The molecule has 11 aromatic rings. The first-order valence-electron chi connectivity index (χ1n) is 17.8. The third-order valence-corrected chi connectivity index (χ3v) is 10.5. The van der Waals surface area contributed by atoms with E-state index in [1.54, 1.807) is 0 Å². The minimum atomic E-state index is 0.640. The van der Waals surface area contributed by atoms with Gasteiger partial charge < -0.3 is 4.57 Å². The van der Waals surface area contributed by atoms with Crippen LogP contribution in [0, 0.1) is 0 Å². The molecule has 3 heterocycles. The molecule has 0 aliphatic rings. The van der Waals surface area contributed by atoms with Crippen molar-refractivity contribution in [1.82, 2.24) is 24.5 Å². The van der Waals surface area contributed by atoms with Gasteiger partial charge in [0.2, 0.25) is 0 Å². The molecule has 0 N–H and O–H groups in total. The van der Waals surface area contributed by atoms with Crippen LogP contribution in [0.5, 0.6) is 0 Å². The number of fused-ring (bicyclic) bond motifs is 12. The molecule has 0 aliphatic heterocycles. The Morgan fingerprint density at radius 1 is 0.358 bits per heavy atom. The third-order valence-electron chi connectivity index (χ3n) is 10.5. The summed E-state index contributed by atoms with van der Waals surface area (Å²) in [6.45, 7) is 0. The molecule has 0 saturated carbocycles. The summed E-state index contributed by atoms with van der Waals surface area (Å²) >= 11 is 0. The number of nitrogens with zero attached hydrogens (tertiary/aromatic N) is 5. The maximum absolute atomic E-state index is 5.08. The van der Waals surface area contributed by atoms with Crippen LogP contribution in [0.25, 0.3) is 105 Å². The summed E-state index contributed by atoms with van der Waals surface area (Å²) in [6, 6.07) is 57.7. The second-order valence-corrected chi connectivity index (χ2v) is 13.5. The normalized spacial score (nSPS) is 11.8. The van der Waals surface area contributed by atoms with Gasteiger partial charge in [0.05, 0.1) is 22.9 Å². The summed E-state index contributed by atoms with van der Waals surface area (Å²) in [7, 11) is 0. The zero-order valence-corrected chi connectivity index (χ0v) is 28.5. The van der Waals surface area contributed by atoms with Crippen LogP contribution in [-0.4, -0.2) is 24.5 Å². The molecule has 246 valence electrons. The molecule has 0 spiro atoms. The first-order valence-corrected chi connectivity index (χ1v) is 17.8. The number of rotatable bonds is 4. The second kappa shape index (κ2) is 11.7. The number of aromatic nitrogens is 5. The minimum absolute atomic E-state index is 0.640. The Bertz CT molecular complexity index is 3150. The van der Waals surface area contributed by atoms with Crippen LogP contribution < -0.4 is 0 Å². The van der Waals surface area contributed by atoms with Gasteiger partial charge in [0.1, 0.15) is 0 Å². The zero-order valence-electron chi connectivity index (χ0n) is 28.5. The molecule has 8 aromatic carbocycles. The van der Waals surface area contributed by atoms with Gasteiger partial charge >= 0.3 is 0 Å². The van der Waals surface area contributed by atoms with Crippen molar-refractivity contribution in [3.05, 3.63) is 176 Å². The Kier molecular flexibility index (Phi) is 6.48. The molecule has 3 aromatic heterocycles. The molecule has 0 saturated heterocycles. The number of hydrogen-bond donors (Lipinski definition) is 0. The van der Waals surface area contributed by atoms with Crippen molar-refractivity contribution in [3.63, 3.8) is 0 Å². The van der Waals surface area contributed by atoms with E-state index in [-0.39, 0.29) is 0 Å². The van der Waals surface area contributed by atoms with E-state index < -0.39 is 0 Å². The Balaban J connectivity index is 1.26. The number of pyridine rings is 1. The summed E-state index contributed by atoms with van der Waals surface area (Å²) in [5, 5.41) is 12.1. The van der Waals surface area contributed by atoms with Crippen molar-refractivity contribution in [1.29, 1.82) is 0 Å². The first kappa shape index (κ1) is 29.5. The monoisotopic (exact) mass is 675 g/mol. The van der Waals surface area contributed by atoms with Gasteiger partial charge in [0.25, 0.3) is 0 Å². The van der Waals surface area contributed by atoms with Crippen molar-refractivity contribution in [2.75, 3.05) is 0 Å². The average Bonchev–Trinajstić information content (AvgIpc) is 3.59. The largest absolute Gasteiger partial charge is 0.308 e. The lowest BCUT2D eigenvalue weighted by Crippen LogP contribution is -2.00. The van der Waals surface area contributed by atoms with Gasteiger partial charge in [-0.25, -0.2) is 15.0 Å². The fourth-order valence-corrected chi connectivity index (χ4v) is 8.15. The molecule has 5 nitrogen and oxygen atoms in total. The van der Waals surface area contributed by atoms with Gasteiger partial charge in [-0.3, -0.25) is 4.98 Å². The average molecular weight is 676 g/mol. The maximum Gasteiger partial charge on any atom is 0.164 e. The molecule has 0 bridgehead atoms. The topological polar surface area (TPSA) is 56.5 Å². The van der Waals surface area contributed by atoms with Gasteiger partial charge in [-0.15, -0.1) is 0 Å². The van der Waals surface area contributed by atoms with Crippen molar-refractivity contribution < 1.29 is 0 Å². The fraction of sp³-hybridized carbons (Fsp3) is 0. The molecule has 11 rings (SSSR count). The second-order valence-electron chi connectivity index (χ2n) is 13.5. The highest BCUT2D eigenvalue weighted by molar-refractivity contribution is 6.38. The quantitative estimate of drug-likeness (QED) is 0.174. The molecule has 0 fully saturated rings. The van der Waals surface area contributed by atoms with Crippen LogP contribution in [0.1, 0.15) is 0 Å². The van der Waals surface area contributed by atoms with Crippen LogP contribution in [0.15, 0.2) is 176 Å². The van der Waals surface area contributed by atoms with E-state index >= 15 is 0 Å². The molecule has 0 aliphatic carbocycles. The van der Waals surface area contributed by atoms with E-state index in [1.165, 1.54) is 48.5 Å². The van der Waals surface area contributed by atoms with Gasteiger partial charge in [-0.1, -0.05) is 133 Å². The van der Waals surface area contributed by atoms with Crippen LogP contribution >= 0.6 is 0 Å². The highest BCUT2D eigenvalue weighted by Crippen LogP contribution is 2.45. The molecule has 0 atom stereocenters. The SMILES string of the molecule is c1ccc(-c2nc(-c3ccccc3)nc(-c3ccc4c(c3)c3ccccc3c3ccc5c(c34)c3c4ccccc4ccc3n5-c3cccnc3)n2)cc1. The van der Waals surface area contributed by atoms with Gasteiger partial charge in [-0.05, 0) is 68.0 Å². The van der Waals surface area contributed by atoms with Crippen molar-refractivity contribution >= 4 is 64.9 Å². The van der Waals surface area contributed by atoms with Gasteiger partial charge in [-0.2, -0.15) is 0 Å². The Hall–Kier alpha value is -7.24. The highest BCUT2D eigenvalue weighted by Gasteiger charge is 2.21. The van der Waals surface area contributed by atoms with E-state index in [2.05, 4.69) is 107 Å². The lowest BCUT2D eigenvalue weighted by atomic mass is 9.90. The smallest absolute Gasteiger partial charge is 0.164 e. The van der Waals surface area contributed by atoms with E-state index in [1.807, 2.05) is 79.1 Å². The Labute approximate surface area is 304 Å². The molecule has 53 heavy (non-hydrogen) atoms. The van der Waals surface area contributed by atoms with Crippen LogP contribution in [0.3, 0.4) is 0 Å².